The van der Waals surface area contributed by atoms with Gasteiger partial charge in [-0.25, -0.2) is 0 Å². The molecule has 0 aromatic heterocycles. The number of benzene rings is 1. The van der Waals surface area contributed by atoms with Gasteiger partial charge >= 0.3 is 0 Å². The third-order valence-electron chi connectivity index (χ3n) is 3.95. The maximum Gasteiger partial charge on any atom is 0.166 e. The van der Waals surface area contributed by atoms with Gasteiger partial charge in [-0.1, -0.05) is 49.6 Å². The predicted octanol–water partition coefficient (Wildman–Crippen LogP) is 3.04. The molecule has 2 rings (SSSR count). The van der Waals surface area contributed by atoms with Crippen LogP contribution >= 0.6 is 0 Å². The van der Waals surface area contributed by atoms with Crippen LogP contribution in [0.15, 0.2) is 30.3 Å². The van der Waals surface area contributed by atoms with E-state index in [4.69, 9.17) is 0 Å². The van der Waals surface area contributed by atoms with Crippen molar-refractivity contribution in [3.8, 4) is 0 Å². The molecule has 0 saturated heterocycles. The molecule has 2 nitrogen and oxygen atoms in total. The van der Waals surface area contributed by atoms with Crippen molar-refractivity contribution in [2.75, 3.05) is 0 Å². The molecular formula is C15H20O2. The molecule has 1 fully saturated rings. The highest BCUT2D eigenvalue weighted by Gasteiger charge is 2.42. The Morgan fingerprint density at radius 1 is 1.18 bits per heavy atom. The quantitative estimate of drug-likeness (QED) is 0.869. The lowest BCUT2D eigenvalue weighted by Crippen LogP contribution is -2.42. The second-order valence-corrected chi connectivity index (χ2v) is 5.02. The summed E-state index contributed by atoms with van der Waals surface area (Å²) in [5, 5.41) is 10.8. The van der Waals surface area contributed by atoms with Gasteiger partial charge in [-0.15, -0.1) is 0 Å². The first-order chi connectivity index (χ1) is 8.15. The summed E-state index contributed by atoms with van der Waals surface area (Å²) in [5.41, 5.74) is -0.527. The van der Waals surface area contributed by atoms with Crippen LogP contribution in [0.3, 0.4) is 0 Å². The van der Waals surface area contributed by atoms with Crippen LogP contribution in [0, 0.1) is 5.92 Å². The molecule has 1 aliphatic rings. The molecular weight excluding hydrogens is 212 g/mol. The fourth-order valence-corrected chi connectivity index (χ4v) is 2.94. The second kappa shape index (κ2) is 5.01. The highest BCUT2D eigenvalue weighted by Crippen LogP contribution is 2.39. The van der Waals surface area contributed by atoms with Gasteiger partial charge in [-0.2, -0.15) is 0 Å². The molecule has 0 bridgehead atoms. The van der Waals surface area contributed by atoms with Crippen LogP contribution in [-0.4, -0.2) is 10.9 Å². The summed E-state index contributed by atoms with van der Waals surface area (Å²) in [6.07, 6.45) is 5.36. The summed E-state index contributed by atoms with van der Waals surface area (Å²) in [5.74, 6) is -0.0493. The Labute approximate surface area is 103 Å². The van der Waals surface area contributed by atoms with E-state index in [1.54, 1.807) is 0 Å². The second-order valence-electron chi connectivity index (χ2n) is 5.02. The Morgan fingerprint density at radius 3 is 2.29 bits per heavy atom. The van der Waals surface area contributed by atoms with E-state index in [-0.39, 0.29) is 11.7 Å². The number of rotatable bonds is 3. The van der Waals surface area contributed by atoms with E-state index in [1.165, 1.54) is 13.3 Å². The molecule has 0 aliphatic heterocycles. The number of hydrogen-bond donors (Lipinski definition) is 1. The van der Waals surface area contributed by atoms with Crippen molar-refractivity contribution >= 4 is 5.78 Å². The SMILES string of the molecule is CC(=O)[C@@](O)(c1ccccc1)C1CCCCC1. The zero-order chi connectivity index (χ0) is 12.3. The Kier molecular flexibility index (Phi) is 3.63. The Bertz CT molecular complexity index is 379. The fraction of sp³-hybridized carbons (Fsp3) is 0.533. The molecule has 1 aromatic rings. The van der Waals surface area contributed by atoms with E-state index < -0.39 is 5.60 Å². The zero-order valence-corrected chi connectivity index (χ0v) is 10.4. The van der Waals surface area contributed by atoms with Crippen molar-refractivity contribution in [2.24, 2.45) is 5.92 Å². The predicted molar refractivity (Wildman–Crippen MR) is 67.6 cm³/mol. The standard InChI is InChI=1S/C15H20O2/c1-12(16)15(17,13-8-4-2-5-9-13)14-10-6-3-7-11-14/h2,4-5,8-9,14,17H,3,6-7,10-11H2,1H3/t15-/m1/s1. The first kappa shape index (κ1) is 12.3. The van der Waals surface area contributed by atoms with Gasteiger partial charge in [0.05, 0.1) is 0 Å². The molecule has 1 aromatic carbocycles. The van der Waals surface area contributed by atoms with Crippen molar-refractivity contribution in [3.63, 3.8) is 0 Å². The number of ketones is 1. The number of carbonyl (C=O) groups excluding carboxylic acids is 1. The molecule has 1 atom stereocenters. The minimum absolute atomic E-state index is 0.0798. The Morgan fingerprint density at radius 2 is 1.76 bits per heavy atom. The lowest BCUT2D eigenvalue weighted by molar-refractivity contribution is -0.144. The largest absolute Gasteiger partial charge is 0.377 e. The summed E-state index contributed by atoms with van der Waals surface area (Å²) in [6, 6.07) is 9.38. The summed E-state index contributed by atoms with van der Waals surface area (Å²) < 4.78 is 0. The van der Waals surface area contributed by atoms with Gasteiger partial charge in [-0.05, 0) is 31.2 Å². The van der Waals surface area contributed by atoms with Gasteiger partial charge < -0.3 is 5.11 Å². The maximum absolute atomic E-state index is 11.9. The smallest absolute Gasteiger partial charge is 0.166 e. The van der Waals surface area contributed by atoms with E-state index in [9.17, 15) is 9.90 Å². The van der Waals surface area contributed by atoms with Crippen LogP contribution < -0.4 is 0 Å². The van der Waals surface area contributed by atoms with E-state index in [0.29, 0.717) is 0 Å². The van der Waals surface area contributed by atoms with Crippen LogP contribution in [0.5, 0.6) is 0 Å². The molecule has 0 unspecified atom stereocenters. The van der Waals surface area contributed by atoms with Gasteiger partial charge in [0.1, 0.15) is 0 Å². The van der Waals surface area contributed by atoms with Crippen LogP contribution in [0.2, 0.25) is 0 Å². The maximum atomic E-state index is 11.9. The Balaban J connectivity index is 2.35. The monoisotopic (exact) mass is 232 g/mol. The average Bonchev–Trinajstić information content (AvgIpc) is 2.39. The van der Waals surface area contributed by atoms with Crippen molar-refractivity contribution in [3.05, 3.63) is 35.9 Å². The molecule has 2 heteroatoms. The van der Waals surface area contributed by atoms with E-state index in [1.807, 2.05) is 30.3 Å². The lowest BCUT2D eigenvalue weighted by Gasteiger charge is -2.37. The first-order valence-corrected chi connectivity index (χ1v) is 6.44. The minimum atomic E-state index is -1.28. The number of Topliss-reactive ketones (excluding diaryl/α,β-unsaturated/α-hetero) is 1. The normalized spacial score (nSPS) is 20.8. The van der Waals surface area contributed by atoms with Crippen molar-refractivity contribution in [2.45, 2.75) is 44.6 Å². The third-order valence-corrected chi connectivity index (χ3v) is 3.95. The van der Waals surface area contributed by atoms with Gasteiger partial charge in [0.25, 0.3) is 0 Å². The molecule has 0 amide bonds. The van der Waals surface area contributed by atoms with Gasteiger partial charge in [0.2, 0.25) is 0 Å². The number of aliphatic hydroxyl groups is 1. The van der Waals surface area contributed by atoms with Crippen molar-refractivity contribution in [1.82, 2.24) is 0 Å². The summed E-state index contributed by atoms with van der Waals surface area (Å²) >= 11 is 0. The van der Waals surface area contributed by atoms with Crippen molar-refractivity contribution < 1.29 is 9.90 Å². The fourth-order valence-electron chi connectivity index (χ4n) is 2.94. The van der Waals surface area contributed by atoms with Crippen LogP contribution in [0.25, 0.3) is 0 Å². The molecule has 1 N–H and O–H groups in total. The highest BCUT2D eigenvalue weighted by molar-refractivity contribution is 5.86. The summed E-state index contributed by atoms with van der Waals surface area (Å²) in [6.45, 7) is 1.50. The first-order valence-electron chi connectivity index (χ1n) is 6.44. The number of carbonyl (C=O) groups is 1. The van der Waals surface area contributed by atoms with Crippen LogP contribution in [-0.2, 0) is 10.4 Å². The van der Waals surface area contributed by atoms with E-state index >= 15 is 0 Å². The lowest BCUT2D eigenvalue weighted by atomic mass is 9.71. The molecule has 92 valence electrons. The average molecular weight is 232 g/mol. The highest BCUT2D eigenvalue weighted by atomic mass is 16.3. The molecule has 17 heavy (non-hydrogen) atoms. The van der Waals surface area contributed by atoms with Gasteiger partial charge in [-0.3, -0.25) is 4.79 Å². The minimum Gasteiger partial charge on any atom is -0.377 e. The molecule has 0 heterocycles. The van der Waals surface area contributed by atoms with Gasteiger partial charge in [0.15, 0.2) is 11.4 Å². The molecule has 0 radical (unpaired) electrons. The number of hydrogen-bond acceptors (Lipinski definition) is 2. The summed E-state index contributed by atoms with van der Waals surface area (Å²) in [4.78, 5) is 11.9. The van der Waals surface area contributed by atoms with Crippen molar-refractivity contribution in [1.29, 1.82) is 0 Å². The third kappa shape index (κ3) is 2.27. The van der Waals surface area contributed by atoms with Crippen LogP contribution in [0.1, 0.15) is 44.6 Å². The zero-order valence-electron chi connectivity index (χ0n) is 10.4. The molecule has 1 saturated carbocycles. The Hall–Kier alpha value is -1.15. The summed E-state index contributed by atoms with van der Waals surface area (Å²) in [7, 11) is 0. The van der Waals surface area contributed by atoms with Gasteiger partial charge in [0, 0.05) is 0 Å². The molecule has 0 spiro atoms. The topological polar surface area (TPSA) is 37.3 Å². The van der Waals surface area contributed by atoms with Crippen LogP contribution in [0.4, 0.5) is 0 Å². The molecule has 1 aliphatic carbocycles. The van der Waals surface area contributed by atoms with E-state index in [0.717, 1.165) is 31.2 Å². The van der Waals surface area contributed by atoms with E-state index in [2.05, 4.69) is 0 Å².